The summed E-state index contributed by atoms with van der Waals surface area (Å²) in [7, 11) is 0. The van der Waals surface area contributed by atoms with Crippen LogP contribution in [0.25, 0.3) is 0 Å². The van der Waals surface area contributed by atoms with E-state index < -0.39 is 5.97 Å². The molecule has 31 heavy (non-hydrogen) atoms. The Morgan fingerprint density at radius 2 is 1.68 bits per heavy atom. The molecule has 0 bridgehead atoms. The molecule has 8 unspecified atom stereocenters. The van der Waals surface area contributed by atoms with E-state index in [9.17, 15) is 15.0 Å². The summed E-state index contributed by atoms with van der Waals surface area (Å²) >= 11 is 0. The van der Waals surface area contributed by atoms with Crippen LogP contribution in [0.3, 0.4) is 0 Å². The van der Waals surface area contributed by atoms with Gasteiger partial charge in [-0.1, -0.05) is 26.8 Å². The van der Waals surface area contributed by atoms with Gasteiger partial charge < -0.3 is 15.3 Å². The Balaban J connectivity index is 1.48. The lowest BCUT2D eigenvalue weighted by Crippen LogP contribution is -2.58. The SMILES string of the molecule is C/C(=C\CCC(C)C1CCC2C3C[C@H](O)C4C[C@H](O)CCC4(C)C3CCC12C)C(=O)O. The Bertz CT molecular complexity index is 716. The molecule has 0 aromatic rings. The molecule has 176 valence electrons. The van der Waals surface area contributed by atoms with Gasteiger partial charge in [-0.2, -0.15) is 0 Å². The normalized spacial score (nSPS) is 48.5. The third kappa shape index (κ3) is 3.90. The van der Waals surface area contributed by atoms with Gasteiger partial charge in [-0.25, -0.2) is 4.79 Å². The van der Waals surface area contributed by atoms with Crippen molar-refractivity contribution >= 4 is 5.97 Å². The van der Waals surface area contributed by atoms with Crippen molar-refractivity contribution in [3.8, 4) is 0 Å². The highest BCUT2D eigenvalue weighted by atomic mass is 16.4. The van der Waals surface area contributed by atoms with Gasteiger partial charge in [0, 0.05) is 5.57 Å². The first-order valence-electron chi connectivity index (χ1n) is 12.8. The highest BCUT2D eigenvalue weighted by molar-refractivity contribution is 5.85. The predicted molar refractivity (Wildman–Crippen MR) is 122 cm³/mol. The molecule has 0 heterocycles. The Labute approximate surface area is 188 Å². The lowest BCUT2D eigenvalue weighted by molar-refractivity contribution is -0.172. The van der Waals surface area contributed by atoms with E-state index in [2.05, 4.69) is 20.8 Å². The first-order chi connectivity index (χ1) is 14.6. The lowest BCUT2D eigenvalue weighted by Gasteiger charge is -2.62. The van der Waals surface area contributed by atoms with Crippen molar-refractivity contribution in [2.45, 2.75) is 104 Å². The van der Waals surface area contributed by atoms with Gasteiger partial charge in [0.15, 0.2) is 0 Å². The third-order valence-corrected chi connectivity index (χ3v) is 10.8. The summed E-state index contributed by atoms with van der Waals surface area (Å²) in [5, 5.41) is 30.5. The van der Waals surface area contributed by atoms with Gasteiger partial charge in [-0.15, -0.1) is 0 Å². The molecule has 4 nitrogen and oxygen atoms in total. The summed E-state index contributed by atoms with van der Waals surface area (Å²) in [5.74, 6) is 2.78. The monoisotopic (exact) mass is 432 g/mol. The number of hydrogen-bond donors (Lipinski definition) is 3. The maximum absolute atomic E-state index is 11.2. The van der Waals surface area contributed by atoms with Gasteiger partial charge in [-0.05, 0) is 117 Å². The zero-order chi connectivity index (χ0) is 22.6. The van der Waals surface area contributed by atoms with Crippen LogP contribution in [-0.4, -0.2) is 33.5 Å². The summed E-state index contributed by atoms with van der Waals surface area (Å²) in [6, 6.07) is 0. The number of hydrogen-bond acceptors (Lipinski definition) is 3. The van der Waals surface area contributed by atoms with E-state index in [-0.39, 0.29) is 23.5 Å². The molecule has 4 rings (SSSR count). The maximum atomic E-state index is 11.2. The quantitative estimate of drug-likeness (QED) is 0.507. The van der Waals surface area contributed by atoms with Gasteiger partial charge in [0.2, 0.25) is 0 Å². The first-order valence-corrected chi connectivity index (χ1v) is 12.8. The molecular formula is C27H44O4. The molecule has 3 N–H and O–H groups in total. The van der Waals surface area contributed by atoms with Crippen LogP contribution in [0.2, 0.25) is 0 Å². The van der Waals surface area contributed by atoms with E-state index in [0.29, 0.717) is 40.6 Å². The number of carboxylic acid groups (broad SMARTS) is 1. The van der Waals surface area contributed by atoms with Crippen LogP contribution in [0, 0.1) is 46.3 Å². The number of fused-ring (bicyclic) bond motifs is 5. The standard InChI is InChI=1S/C27H44O4/c1-16(6-5-7-17(2)25(30)31)20-8-9-21-19-15-24(29)23-14-18(28)10-12-27(23,4)22(19)11-13-26(20,21)3/h7,16,18-24,28-29H,5-6,8-15H2,1-4H3,(H,30,31)/b17-7+/t16?,18-,19?,20?,21?,22?,23?,24+,26?,27?/m1/s1. The average Bonchev–Trinajstić information content (AvgIpc) is 3.06. The molecule has 0 amide bonds. The zero-order valence-corrected chi connectivity index (χ0v) is 20.0. The van der Waals surface area contributed by atoms with E-state index in [4.69, 9.17) is 5.11 Å². The van der Waals surface area contributed by atoms with Gasteiger partial charge in [0.1, 0.15) is 0 Å². The minimum Gasteiger partial charge on any atom is -0.478 e. The van der Waals surface area contributed by atoms with Crippen LogP contribution in [0.5, 0.6) is 0 Å². The minimum atomic E-state index is -0.809. The van der Waals surface area contributed by atoms with Gasteiger partial charge in [0.05, 0.1) is 12.2 Å². The van der Waals surface area contributed by atoms with Crippen LogP contribution in [0.1, 0.15) is 91.9 Å². The second kappa shape index (κ2) is 8.48. The van der Waals surface area contributed by atoms with Gasteiger partial charge in [-0.3, -0.25) is 0 Å². The third-order valence-electron chi connectivity index (χ3n) is 10.8. The molecule has 0 aromatic carbocycles. The van der Waals surface area contributed by atoms with Crippen LogP contribution < -0.4 is 0 Å². The molecule has 4 aliphatic carbocycles. The number of aliphatic carboxylic acids is 1. The Morgan fingerprint density at radius 3 is 2.39 bits per heavy atom. The van der Waals surface area contributed by atoms with Crippen LogP contribution in [-0.2, 0) is 4.79 Å². The average molecular weight is 433 g/mol. The number of rotatable bonds is 5. The first kappa shape index (κ1) is 23.3. The maximum Gasteiger partial charge on any atom is 0.330 e. The van der Waals surface area contributed by atoms with Crippen molar-refractivity contribution in [2.75, 3.05) is 0 Å². The lowest BCUT2D eigenvalue weighted by atomic mass is 9.44. The van der Waals surface area contributed by atoms with Crippen LogP contribution in [0.15, 0.2) is 11.6 Å². The minimum absolute atomic E-state index is 0.186. The van der Waals surface area contributed by atoms with E-state index in [1.807, 2.05) is 6.08 Å². The van der Waals surface area contributed by atoms with Crippen molar-refractivity contribution in [3.05, 3.63) is 11.6 Å². The summed E-state index contributed by atoms with van der Waals surface area (Å²) in [4.78, 5) is 11.1. The van der Waals surface area contributed by atoms with Crippen molar-refractivity contribution in [1.29, 1.82) is 0 Å². The number of aliphatic hydroxyl groups excluding tert-OH is 2. The van der Waals surface area contributed by atoms with Crippen molar-refractivity contribution in [3.63, 3.8) is 0 Å². The molecule has 0 radical (unpaired) electrons. The largest absolute Gasteiger partial charge is 0.478 e. The molecule has 0 saturated heterocycles. The zero-order valence-electron chi connectivity index (χ0n) is 20.0. The second-order valence-electron chi connectivity index (χ2n) is 12.2. The predicted octanol–water partition coefficient (Wildman–Crippen LogP) is 5.42. The number of allylic oxidation sites excluding steroid dienone is 1. The summed E-state index contributed by atoms with van der Waals surface area (Å²) in [6.07, 6.45) is 12.1. The van der Waals surface area contributed by atoms with E-state index >= 15 is 0 Å². The molecule has 0 aliphatic heterocycles. The summed E-state index contributed by atoms with van der Waals surface area (Å²) < 4.78 is 0. The summed E-state index contributed by atoms with van der Waals surface area (Å²) in [6.45, 7) is 9.03. The fourth-order valence-corrected chi connectivity index (χ4v) is 9.10. The fourth-order valence-electron chi connectivity index (χ4n) is 9.10. The molecule has 4 aliphatic rings. The van der Waals surface area contributed by atoms with Crippen LogP contribution in [0.4, 0.5) is 0 Å². The Morgan fingerprint density at radius 1 is 1.00 bits per heavy atom. The molecule has 10 atom stereocenters. The Hall–Kier alpha value is -0.870. The smallest absolute Gasteiger partial charge is 0.330 e. The topological polar surface area (TPSA) is 77.8 Å². The van der Waals surface area contributed by atoms with Crippen LogP contribution >= 0.6 is 0 Å². The molecule has 0 aromatic heterocycles. The molecule has 0 spiro atoms. The van der Waals surface area contributed by atoms with Crippen molar-refractivity contribution < 1.29 is 20.1 Å². The molecule has 4 saturated carbocycles. The number of aliphatic hydroxyl groups is 2. The fraction of sp³-hybridized carbons (Fsp3) is 0.889. The highest BCUT2D eigenvalue weighted by Crippen LogP contribution is 2.68. The molecule has 4 heteroatoms. The van der Waals surface area contributed by atoms with E-state index in [1.54, 1.807) is 6.92 Å². The summed E-state index contributed by atoms with van der Waals surface area (Å²) in [5.41, 5.74) is 0.995. The Kier molecular flexibility index (Phi) is 6.37. The van der Waals surface area contributed by atoms with E-state index in [1.165, 1.54) is 25.7 Å². The molecule has 4 fully saturated rings. The second-order valence-corrected chi connectivity index (χ2v) is 12.2. The highest BCUT2D eigenvalue weighted by Gasteiger charge is 2.62. The molecular weight excluding hydrogens is 388 g/mol. The van der Waals surface area contributed by atoms with E-state index in [0.717, 1.165) is 38.5 Å². The van der Waals surface area contributed by atoms with Crippen molar-refractivity contribution in [2.24, 2.45) is 46.3 Å². The van der Waals surface area contributed by atoms with Gasteiger partial charge in [0.25, 0.3) is 0 Å². The van der Waals surface area contributed by atoms with Crippen molar-refractivity contribution in [1.82, 2.24) is 0 Å². The van der Waals surface area contributed by atoms with Gasteiger partial charge >= 0.3 is 5.97 Å². The number of carbonyl (C=O) groups is 1. The number of carboxylic acids is 1.